The molecule has 1 atom stereocenters. The number of benzene rings is 2. The first-order chi connectivity index (χ1) is 28.6. The quantitative estimate of drug-likeness (QED) is 0.109. The number of nitrogens with zero attached hydrogens (tertiary/aromatic N) is 6. The van der Waals surface area contributed by atoms with Gasteiger partial charge in [-0.3, -0.25) is 33.5 Å². The van der Waals surface area contributed by atoms with Gasteiger partial charge in [0.15, 0.2) is 0 Å². The number of imidazole rings is 1. The zero-order chi connectivity index (χ0) is 42.5. The van der Waals surface area contributed by atoms with E-state index in [0.29, 0.717) is 40.7 Å². The number of amides is 3. The van der Waals surface area contributed by atoms with Gasteiger partial charge in [-0.2, -0.15) is 18.3 Å². The van der Waals surface area contributed by atoms with Crippen LogP contribution in [0.15, 0.2) is 59.5 Å². The van der Waals surface area contributed by atoms with E-state index in [4.69, 9.17) is 0 Å². The standard InChI is InChI=1S/C43H47F5N8O4/c1-53(28-13-9-24(10-14-28)19-26-5-3-7-34-38(26)54(2)42(60)56(34)35-17-18-37(57)51-41(35)59)22-25-11-15-29(16-12-25)55-23-27-20-33(30(39(44)45)21-32(27)52-55)50-40(58)31-6-4-8-36(49-31)43(46,47)48/h3-8,20-21,23-25,28-29,35,39H,9-19,22H2,1-2H3,(H,50,58)(H,51,57,59)/t24-,25-,28-,29-,35?. The van der Waals surface area contributed by atoms with E-state index in [0.717, 1.165) is 93.6 Å². The molecule has 12 nitrogen and oxygen atoms in total. The van der Waals surface area contributed by atoms with E-state index in [2.05, 4.69) is 38.7 Å². The van der Waals surface area contributed by atoms with Crippen molar-refractivity contribution in [3.05, 3.63) is 87.7 Å². The first-order valence-corrected chi connectivity index (χ1v) is 20.5. The topological polar surface area (TPSA) is 136 Å². The maximum Gasteiger partial charge on any atom is 0.433 e. The van der Waals surface area contributed by atoms with Crippen LogP contribution >= 0.6 is 0 Å². The lowest BCUT2D eigenvalue weighted by Crippen LogP contribution is -2.44. The Kier molecular flexibility index (Phi) is 11.4. The predicted octanol–water partition coefficient (Wildman–Crippen LogP) is 7.74. The number of nitrogens with one attached hydrogen (secondary N) is 2. The third-order valence-electron chi connectivity index (χ3n) is 12.8. The first-order valence-electron chi connectivity index (χ1n) is 20.5. The minimum absolute atomic E-state index is 0.0709. The number of hydrogen-bond acceptors (Lipinski definition) is 7. The maximum atomic E-state index is 14.1. The smallest absolute Gasteiger partial charge is 0.320 e. The lowest BCUT2D eigenvalue weighted by molar-refractivity contribution is -0.141. The van der Waals surface area contributed by atoms with Crippen LogP contribution in [-0.4, -0.2) is 66.2 Å². The van der Waals surface area contributed by atoms with Crippen molar-refractivity contribution < 1.29 is 36.3 Å². The molecule has 1 aliphatic heterocycles. The number of carbonyl (C=O) groups is 3. The third kappa shape index (κ3) is 8.32. The van der Waals surface area contributed by atoms with Gasteiger partial charge in [-0.25, -0.2) is 18.6 Å². The number of pyridine rings is 1. The van der Waals surface area contributed by atoms with Crippen molar-refractivity contribution in [2.45, 2.75) is 101 Å². The molecule has 8 rings (SSSR count). The maximum absolute atomic E-state index is 14.1. The van der Waals surface area contributed by atoms with E-state index in [9.17, 15) is 41.1 Å². The second-order valence-corrected chi connectivity index (χ2v) is 16.7. The number of piperidine rings is 1. The van der Waals surface area contributed by atoms with Gasteiger partial charge in [0.2, 0.25) is 11.8 Å². The summed E-state index contributed by atoms with van der Waals surface area (Å²) in [6.07, 6.45) is 3.33. The van der Waals surface area contributed by atoms with Gasteiger partial charge in [0, 0.05) is 43.2 Å². The molecule has 2 aromatic carbocycles. The number of imide groups is 1. The normalized spacial score (nSPS) is 22.9. The summed E-state index contributed by atoms with van der Waals surface area (Å²) in [5.74, 6) is -0.831. The van der Waals surface area contributed by atoms with Crippen molar-refractivity contribution in [2.24, 2.45) is 18.9 Å². The summed E-state index contributed by atoms with van der Waals surface area (Å²) < 4.78 is 72.7. The Bertz CT molecular complexity index is 2490. The first kappa shape index (κ1) is 41.3. The number of aromatic nitrogens is 5. The molecule has 0 bridgehead atoms. The third-order valence-corrected chi connectivity index (χ3v) is 12.8. The van der Waals surface area contributed by atoms with E-state index in [-0.39, 0.29) is 29.7 Å². The fourth-order valence-corrected chi connectivity index (χ4v) is 9.65. The van der Waals surface area contributed by atoms with Gasteiger partial charge >= 0.3 is 11.9 Å². The van der Waals surface area contributed by atoms with Crippen LogP contribution in [0.2, 0.25) is 0 Å². The largest absolute Gasteiger partial charge is 0.433 e. The highest BCUT2D eigenvalue weighted by atomic mass is 19.4. The highest BCUT2D eigenvalue weighted by Crippen LogP contribution is 2.38. The minimum Gasteiger partial charge on any atom is -0.320 e. The molecule has 3 aromatic heterocycles. The van der Waals surface area contributed by atoms with Crippen LogP contribution in [0.4, 0.5) is 27.6 Å². The van der Waals surface area contributed by atoms with Gasteiger partial charge < -0.3 is 10.2 Å². The molecule has 2 saturated carbocycles. The lowest BCUT2D eigenvalue weighted by Gasteiger charge is -2.38. The van der Waals surface area contributed by atoms with Gasteiger partial charge in [-0.05, 0) is 119 Å². The summed E-state index contributed by atoms with van der Waals surface area (Å²) in [6, 6.07) is 11.2. The van der Waals surface area contributed by atoms with Gasteiger partial charge in [-0.15, -0.1) is 0 Å². The average Bonchev–Trinajstić information content (AvgIpc) is 3.75. The molecule has 3 fully saturated rings. The van der Waals surface area contributed by atoms with Crippen LogP contribution in [0.25, 0.3) is 21.9 Å². The molecule has 4 heterocycles. The van der Waals surface area contributed by atoms with Crippen LogP contribution < -0.4 is 16.3 Å². The summed E-state index contributed by atoms with van der Waals surface area (Å²) in [5, 5.41) is 9.86. The summed E-state index contributed by atoms with van der Waals surface area (Å²) in [4.78, 5) is 56.5. The number of hydrogen-bond donors (Lipinski definition) is 2. The molecular weight excluding hydrogens is 788 g/mol. The van der Waals surface area contributed by atoms with Crippen LogP contribution in [-0.2, 0) is 29.2 Å². The van der Waals surface area contributed by atoms with Gasteiger partial charge in [0.25, 0.3) is 12.3 Å². The van der Waals surface area contributed by atoms with Crippen LogP contribution in [0.1, 0.15) is 110 Å². The van der Waals surface area contributed by atoms with E-state index in [1.165, 1.54) is 16.7 Å². The minimum atomic E-state index is -4.77. The number of alkyl halides is 5. The van der Waals surface area contributed by atoms with Crippen molar-refractivity contribution in [1.82, 2.24) is 34.1 Å². The van der Waals surface area contributed by atoms with Gasteiger partial charge in [0.05, 0.1) is 28.3 Å². The molecule has 60 heavy (non-hydrogen) atoms. The number of halogens is 5. The van der Waals surface area contributed by atoms with Crippen LogP contribution in [0, 0.1) is 11.8 Å². The number of rotatable bonds is 10. The van der Waals surface area contributed by atoms with Crippen molar-refractivity contribution in [2.75, 3.05) is 18.9 Å². The SMILES string of the molecule is Cn1c(=O)n(C2CCC(=O)NC2=O)c2cccc(C[C@H]3CC[C@H](N(C)C[C@H]4CC[C@H](n5cc6cc(NC(=O)c7cccc(C(F)(F)F)n7)c(C(F)F)cc6n5)CC4)CC3)c21. The molecule has 2 N–H and O–H groups in total. The second kappa shape index (κ2) is 16.5. The molecular formula is C43H47F5N8O4. The zero-order valence-corrected chi connectivity index (χ0v) is 33.4. The molecule has 3 aliphatic rings. The number of aryl methyl sites for hydroxylation is 1. The molecule has 0 radical (unpaired) electrons. The highest BCUT2D eigenvalue weighted by molar-refractivity contribution is 6.04. The Labute approximate surface area is 342 Å². The Morgan fingerprint density at radius 1 is 0.950 bits per heavy atom. The molecule has 2 aliphatic carbocycles. The fourth-order valence-electron chi connectivity index (χ4n) is 9.65. The van der Waals surface area contributed by atoms with Crippen LogP contribution in [0.5, 0.6) is 0 Å². The highest BCUT2D eigenvalue weighted by Gasteiger charge is 2.35. The Morgan fingerprint density at radius 3 is 2.37 bits per heavy atom. The molecule has 318 valence electrons. The van der Waals surface area contributed by atoms with Crippen molar-refractivity contribution in [3.63, 3.8) is 0 Å². The Balaban J connectivity index is 0.851. The van der Waals surface area contributed by atoms with Crippen molar-refractivity contribution in [1.29, 1.82) is 0 Å². The zero-order valence-electron chi connectivity index (χ0n) is 33.4. The van der Waals surface area contributed by atoms with Gasteiger partial charge in [0.1, 0.15) is 17.4 Å². The van der Waals surface area contributed by atoms with E-state index in [1.807, 2.05) is 16.8 Å². The predicted molar refractivity (Wildman–Crippen MR) is 214 cm³/mol. The van der Waals surface area contributed by atoms with Crippen molar-refractivity contribution in [3.8, 4) is 0 Å². The van der Waals surface area contributed by atoms with Gasteiger partial charge in [-0.1, -0.05) is 18.2 Å². The van der Waals surface area contributed by atoms with Crippen LogP contribution in [0.3, 0.4) is 0 Å². The Hall–Kier alpha value is -5.45. The fraction of sp³-hybridized carbons (Fsp3) is 0.488. The summed E-state index contributed by atoms with van der Waals surface area (Å²) in [6.45, 7) is 0.972. The number of para-hydroxylation sites is 1. The summed E-state index contributed by atoms with van der Waals surface area (Å²) >= 11 is 0. The number of anilines is 1. The molecule has 5 aromatic rings. The molecule has 17 heteroatoms. The molecule has 1 unspecified atom stereocenters. The second-order valence-electron chi connectivity index (χ2n) is 16.7. The van der Waals surface area contributed by atoms with E-state index < -0.39 is 47.4 Å². The average molecular weight is 835 g/mol. The van der Waals surface area contributed by atoms with Crippen molar-refractivity contribution >= 4 is 45.3 Å². The molecule has 0 spiro atoms. The molecule has 3 amide bonds. The lowest BCUT2D eigenvalue weighted by atomic mass is 9.81. The Morgan fingerprint density at radius 2 is 1.67 bits per heavy atom. The summed E-state index contributed by atoms with van der Waals surface area (Å²) in [7, 11) is 3.94. The monoisotopic (exact) mass is 834 g/mol. The number of fused-ring (bicyclic) bond motifs is 2. The number of carbonyl (C=O) groups excluding carboxylic acids is 3. The molecule has 1 saturated heterocycles. The summed E-state index contributed by atoms with van der Waals surface area (Å²) in [5.41, 5.74) is 0.216. The van der Waals surface area contributed by atoms with E-state index >= 15 is 0 Å². The van der Waals surface area contributed by atoms with E-state index in [1.54, 1.807) is 17.8 Å².